The third kappa shape index (κ3) is 6.54. The fraction of sp³-hybridized carbons (Fsp3) is 0.706. The van der Waals surface area contributed by atoms with Crippen molar-refractivity contribution in [2.24, 2.45) is 11.7 Å². The number of nitrogens with two attached hydrogens (primary N) is 1. The van der Waals surface area contributed by atoms with Crippen molar-refractivity contribution in [2.75, 3.05) is 6.54 Å². The van der Waals surface area contributed by atoms with E-state index in [-0.39, 0.29) is 18.8 Å². The van der Waals surface area contributed by atoms with Crippen molar-refractivity contribution >= 4 is 29.7 Å². The summed E-state index contributed by atoms with van der Waals surface area (Å²) < 4.78 is 5.02. The molecule has 0 bridgehead atoms. The molecular weight excluding hydrogens is 356 g/mol. The van der Waals surface area contributed by atoms with E-state index in [1.54, 1.807) is 34.6 Å². The number of hydrogen-bond acceptors (Lipinski definition) is 6. The largest absolute Gasteiger partial charge is 0.444 e. The number of nitrogens with one attached hydrogen (secondary N) is 2. The molecule has 10 heteroatoms. The molecule has 5 amide bonds. The van der Waals surface area contributed by atoms with Crippen LogP contribution in [0.25, 0.3) is 0 Å². The minimum atomic E-state index is -1.05. The Kier molecular flexibility index (Phi) is 7.32. The molecule has 2 atom stereocenters. The molecule has 152 valence electrons. The third-order valence-electron chi connectivity index (χ3n) is 3.84. The molecule has 1 fully saturated rings. The van der Waals surface area contributed by atoms with E-state index in [0.717, 1.165) is 4.90 Å². The summed E-state index contributed by atoms with van der Waals surface area (Å²) in [6.45, 7) is 7.94. The van der Waals surface area contributed by atoms with Crippen LogP contribution >= 0.6 is 0 Å². The monoisotopic (exact) mass is 384 g/mol. The van der Waals surface area contributed by atoms with Crippen LogP contribution in [0.3, 0.4) is 0 Å². The highest BCUT2D eigenvalue weighted by Crippen LogP contribution is 2.19. The number of amides is 5. The van der Waals surface area contributed by atoms with Gasteiger partial charge in [0.1, 0.15) is 24.2 Å². The van der Waals surface area contributed by atoms with Gasteiger partial charge in [-0.05, 0) is 33.1 Å². The van der Waals surface area contributed by atoms with Crippen molar-refractivity contribution in [3.05, 3.63) is 0 Å². The van der Waals surface area contributed by atoms with Gasteiger partial charge >= 0.3 is 6.09 Å². The molecule has 1 heterocycles. The molecule has 10 nitrogen and oxygen atoms in total. The summed E-state index contributed by atoms with van der Waals surface area (Å²) in [5.74, 6) is -2.84. The summed E-state index contributed by atoms with van der Waals surface area (Å²) >= 11 is 0. The van der Waals surface area contributed by atoms with Crippen LogP contribution in [0.15, 0.2) is 0 Å². The van der Waals surface area contributed by atoms with Gasteiger partial charge in [0, 0.05) is 6.42 Å². The number of carbonyl (C=O) groups is 5. The number of hydrogen-bond donors (Lipinski definition) is 3. The van der Waals surface area contributed by atoms with Gasteiger partial charge in [-0.3, -0.25) is 24.1 Å². The van der Waals surface area contributed by atoms with E-state index >= 15 is 0 Å². The Labute approximate surface area is 158 Å². The maximum Gasteiger partial charge on any atom is 0.408 e. The summed E-state index contributed by atoms with van der Waals surface area (Å²) in [6, 6.07) is -1.96. The highest BCUT2D eigenvalue weighted by molar-refractivity contribution is 6.04. The number of primary amides is 1. The van der Waals surface area contributed by atoms with Crippen LogP contribution in [-0.2, 0) is 23.9 Å². The molecule has 0 saturated carbocycles. The second kappa shape index (κ2) is 8.83. The lowest BCUT2D eigenvalue weighted by molar-refractivity contribution is -0.147. The van der Waals surface area contributed by atoms with Gasteiger partial charge in [0.15, 0.2) is 0 Å². The van der Waals surface area contributed by atoms with Crippen LogP contribution in [0.4, 0.5) is 4.79 Å². The fourth-order valence-electron chi connectivity index (χ4n) is 2.61. The molecule has 0 spiro atoms. The first-order chi connectivity index (χ1) is 12.3. The van der Waals surface area contributed by atoms with Crippen LogP contribution in [-0.4, -0.2) is 58.9 Å². The second-order valence-electron chi connectivity index (χ2n) is 7.70. The van der Waals surface area contributed by atoms with Gasteiger partial charge in [0.25, 0.3) is 0 Å². The maximum atomic E-state index is 12.5. The van der Waals surface area contributed by atoms with Crippen LogP contribution in [0.1, 0.15) is 47.5 Å². The molecule has 0 aromatic heterocycles. The molecule has 27 heavy (non-hydrogen) atoms. The zero-order valence-corrected chi connectivity index (χ0v) is 16.3. The molecule has 0 radical (unpaired) electrons. The first kappa shape index (κ1) is 22.4. The van der Waals surface area contributed by atoms with E-state index in [1.165, 1.54) is 0 Å². The predicted octanol–water partition coefficient (Wildman–Crippen LogP) is -0.345. The first-order valence-electron chi connectivity index (χ1n) is 8.75. The predicted molar refractivity (Wildman–Crippen MR) is 95.1 cm³/mol. The standard InChI is InChI=1S/C17H28N4O6/c1-9(2)13(14(18)24)20-15(25)10-6-7-11(22)21(10)12(23)8-19-16(26)27-17(3,4)5/h9-10,13H,6-8H2,1-5H3,(H2,18,24)(H,19,26)(H,20,25). The molecule has 1 rings (SSSR count). The summed E-state index contributed by atoms with van der Waals surface area (Å²) in [7, 11) is 0. The number of alkyl carbamates (subject to hydrolysis) is 1. The molecular formula is C17H28N4O6. The number of carbonyl (C=O) groups excluding carboxylic acids is 5. The smallest absolute Gasteiger partial charge is 0.408 e. The van der Waals surface area contributed by atoms with Crippen molar-refractivity contribution in [2.45, 2.75) is 65.1 Å². The minimum Gasteiger partial charge on any atom is -0.444 e. The molecule has 4 N–H and O–H groups in total. The van der Waals surface area contributed by atoms with Crippen molar-refractivity contribution in [1.29, 1.82) is 0 Å². The summed E-state index contributed by atoms with van der Waals surface area (Å²) in [6.07, 6.45) is -0.664. The molecule has 0 aromatic rings. The van der Waals surface area contributed by atoms with Crippen molar-refractivity contribution < 1.29 is 28.7 Å². The van der Waals surface area contributed by atoms with Gasteiger partial charge in [-0.2, -0.15) is 0 Å². The SMILES string of the molecule is CC(C)C(NC(=O)C1CCC(=O)N1C(=O)CNC(=O)OC(C)(C)C)C(N)=O. The van der Waals surface area contributed by atoms with E-state index in [1.807, 2.05) is 0 Å². The number of rotatable bonds is 6. The van der Waals surface area contributed by atoms with E-state index in [0.29, 0.717) is 0 Å². The van der Waals surface area contributed by atoms with Crippen molar-refractivity contribution in [3.8, 4) is 0 Å². The normalized spacial score (nSPS) is 18.2. The average Bonchev–Trinajstić information content (AvgIpc) is 2.89. The Morgan fingerprint density at radius 2 is 1.85 bits per heavy atom. The van der Waals surface area contributed by atoms with E-state index in [2.05, 4.69) is 10.6 Å². The Hall–Kier alpha value is -2.65. The number of nitrogens with zero attached hydrogens (tertiary/aromatic N) is 1. The quantitative estimate of drug-likeness (QED) is 0.570. The second-order valence-corrected chi connectivity index (χ2v) is 7.70. The zero-order valence-electron chi connectivity index (χ0n) is 16.3. The van der Waals surface area contributed by atoms with Crippen molar-refractivity contribution in [1.82, 2.24) is 15.5 Å². The molecule has 1 aliphatic rings. The number of imide groups is 1. The van der Waals surface area contributed by atoms with E-state index in [4.69, 9.17) is 10.5 Å². The van der Waals surface area contributed by atoms with Crippen LogP contribution < -0.4 is 16.4 Å². The van der Waals surface area contributed by atoms with E-state index < -0.39 is 54.0 Å². The summed E-state index contributed by atoms with van der Waals surface area (Å²) in [5.41, 5.74) is 4.54. The van der Waals surface area contributed by atoms with Gasteiger partial charge in [0.05, 0.1) is 0 Å². The highest BCUT2D eigenvalue weighted by Gasteiger charge is 2.41. The molecule has 0 aliphatic carbocycles. The Balaban J connectivity index is 2.75. The van der Waals surface area contributed by atoms with Gasteiger partial charge in [-0.15, -0.1) is 0 Å². The molecule has 1 saturated heterocycles. The van der Waals surface area contributed by atoms with E-state index in [9.17, 15) is 24.0 Å². The Morgan fingerprint density at radius 1 is 1.26 bits per heavy atom. The number of likely N-dealkylation sites (tertiary alicyclic amines) is 1. The maximum absolute atomic E-state index is 12.5. The highest BCUT2D eigenvalue weighted by atomic mass is 16.6. The average molecular weight is 384 g/mol. The lowest BCUT2D eigenvalue weighted by Gasteiger charge is -2.26. The number of ether oxygens (including phenoxy) is 1. The Bertz CT molecular complexity index is 625. The van der Waals surface area contributed by atoms with Crippen LogP contribution in [0.2, 0.25) is 0 Å². The van der Waals surface area contributed by atoms with Crippen LogP contribution in [0.5, 0.6) is 0 Å². The van der Waals surface area contributed by atoms with Crippen molar-refractivity contribution in [3.63, 3.8) is 0 Å². The lowest BCUT2D eigenvalue weighted by atomic mass is 10.0. The topological polar surface area (TPSA) is 148 Å². The van der Waals surface area contributed by atoms with Gasteiger partial charge < -0.3 is 21.1 Å². The molecule has 0 aromatic carbocycles. The minimum absolute atomic E-state index is 0.0131. The van der Waals surface area contributed by atoms with Gasteiger partial charge in [0.2, 0.25) is 23.6 Å². The van der Waals surface area contributed by atoms with Crippen LogP contribution in [0, 0.1) is 5.92 Å². The Morgan fingerprint density at radius 3 is 2.33 bits per heavy atom. The lowest BCUT2D eigenvalue weighted by Crippen LogP contribution is -2.55. The zero-order chi connectivity index (χ0) is 20.9. The first-order valence-corrected chi connectivity index (χ1v) is 8.75. The van der Waals surface area contributed by atoms with Gasteiger partial charge in [-0.25, -0.2) is 4.79 Å². The molecule has 1 aliphatic heterocycles. The summed E-state index contributed by atoms with van der Waals surface area (Å²) in [4.78, 5) is 60.8. The summed E-state index contributed by atoms with van der Waals surface area (Å²) in [5, 5.41) is 4.75. The fourth-order valence-corrected chi connectivity index (χ4v) is 2.61. The van der Waals surface area contributed by atoms with Gasteiger partial charge in [-0.1, -0.05) is 13.8 Å². The molecule has 2 unspecified atom stereocenters. The third-order valence-corrected chi connectivity index (χ3v) is 3.84.